The van der Waals surface area contributed by atoms with Crippen molar-refractivity contribution in [2.24, 2.45) is 5.41 Å². The first-order valence-corrected chi connectivity index (χ1v) is 7.04. The van der Waals surface area contributed by atoms with Crippen molar-refractivity contribution in [2.45, 2.75) is 45.6 Å². The number of rotatable bonds is 4. The van der Waals surface area contributed by atoms with Gasteiger partial charge >= 0.3 is 0 Å². The van der Waals surface area contributed by atoms with E-state index >= 15 is 0 Å². The Labute approximate surface area is 115 Å². The fourth-order valence-corrected chi connectivity index (χ4v) is 2.79. The van der Waals surface area contributed by atoms with Gasteiger partial charge in [0, 0.05) is 18.8 Å². The lowest BCUT2D eigenvalue weighted by molar-refractivity contribution is -0.119. The summed E-state index contributed by atoms with van der Waals surface area (Å²) < 4.78 is 0. The Hall–Kier alpha value is -1.51. The molecular weight excluding hydrogens is 236 g/mol. The third-order valence-corrected chi connectivity index (χ3v) is 3.94. The molecule has 0 aromatic heterocycles. The molecule has 1 aliphatic carbocycles. The predicted octanol–water partition coefficient (Wildman–Crippen LogP) is 2.97. The molecule has 1 aromatic rings. The molecule has 19 heavy (non-hydrogen) atoms. The zero-order chi connectivity index (χ0) is 13.9. The maximum absolute atomic E-state index is 11.3. The van der Waals surface area contributed by atoms with E-state index in [4.69, 9.17) is 0 Å². The molecule has 3 nitrogen and oxygen atoms in total. The van der Waals surface area contributed by atoms with Gasteiger partial charge in [0.05, 0.1) is 6.42 Å². The number of hydrogen-bond acceptors (Lipinski definition) is 2. The van der Waals surface area contributed by atoms with Crippen molar-refractivity contribution in [1.82, 2.24) is 5.32 Å². The third-order valence-electron chi connectivity index (χ3n) is 3.94. The number of amides is 1. The van der Waals surface area contributed by atoms with Crippen molar-refractivity contribution in [1.29, 1.82) is 0 Å². The molecule has 0 spiro atoms. The minimum absolute atomic E-state index is 0.0539. The van der Waals surface area contributed by atoms with Crippen LogP contribution in [0.15, 0.2) is 24.3 Å². The van der Waals surface area contributed by atoms with Gasteiger partial charge in [-0.15, -0.1) is 0 Å². The number of benzene rings is 1. The molecule has 2 N–H and O–H groups in total. The molecule has 1 amide bonds. The molecule has 1 atom stereocenters. The molecule has 0 saturated heterocycles. The molecule has 1 aromatic carbocycles. The molecule has 1 fully saturated rings. The number of likely N-dealkylation sites (N-methyl/N-ethyl adjacent to an activating group) is 1. The van der Waals surface area contributed by atoms with Crippen LogP contribution in [-0.2, 0) is 11.2 Å². The third kappa shape index (κ3) is 3.98. The second-order valence-electron chi connectivity index (χ2n) is 6.30. The van der Waals surface area contributed by atoms with Gasteiger partial charge in [-0.25, -0.2) is 0 Å². The van der Waals surface area contributed by atoms with Crippen LogP contribution < -0.4 is 10.6 Å². The summed E-state index contributed by atoms with van der Waals surface area (Å²) >= 11 is 0. The quantitative estimate of drug-likeness (QED) is 0.874. The minimum Gasteiger partial charge on any atom is -0.382 e. The standard InChI is InChI=1S/C16H24N2O/c1-16(2)9-8-14(11-16)18-13-6-4-12(5-7-13)10-15(19)17-3/h4-7,14,18H,8-11H2,1-3H3,(H,17,19). The smallest absolute Gasteiger partial charge is 0.224 e. The number of hydrogen-bond donors (Lipinski definition) is 2. The maximum Gasteiger partial charge on any atom is 0.224 e. The maximum atomic E-state index is 11.3. The van der Waals surface area contributed by atoms with E-state index in [1.54, 1.807) is 7.05 Å². The number of nitrogens with one attached hydrogen (secondary N) is 2. The van der Waals surface area contributed by atoms with Gasteiger partial charge in [-0.3, -0.25) is 4.79 Å². The molecule has 0 radical (unpaired) electrons. The number of carbonyl (C=O) groups excluding carboxylic acids is 1. The molecule has 3 heteroatoms. The van der Waals surface area contributed by atoms with Crippen LogP contribution in [0.1, 0.15) is 38.7 Å². The first kappa shape index (κ1) is 13.9. The van der Waals surface area contributed by atoms with E-state index in [0.29, 0.717) is 17.9 Å². The van der Waals surface area contributed by atoms with Gasteiger partial charge in [0.15, 0.2) is 0 Å². The van der Waals surface area contributed by atoms with Gasteiger partial charge in [0.1, 0.15) is 0 Å². The summed E-state index contributed by atoms with van der Waals surface area (Å²) in [5, 5.41) is 6.23. The Balaban J connectivity index is 1.90. The van der Waals surface area contributed by atoms with Crippen LogP contribution in [0.4, 0.5) is 5.69 Å². The number of carbonyl (C=O) groups is 1. The summed E-state index contributed by atoms with van der Waals surface area (Å²) in [5.74, 6) is 0.0539. The van der Waals surface area contributed by atoms with Crippen molar-refractivity contribution in [3.63, 3.8) is 0 Å². The van der Waals surface area contributed by atoms with Crippen LogP contribution in [0.25, 0.3) is 0 Å². The highest BCUT2D eigenvalue weighted by molar-refractivity contribution is 5.78. The van der Waals surface area contributed by atoms with Crippen molar-refractivity contribution in [2.75, 3.05) is 12.4 Å². The van der Waals surface area contributed by atoms with Crippen LogP contribution in [0.2, 0.25) is 0 Å². The van der Waals surface area contributed by atoms with E-state index in [1.165, 1.54) is 19.3 Å². The van der Waals surface area contributed by atoms with E-state index in [2.05, 4.69) is 36.6 Å². The first-order valence-electron chi connectivity index (χ1n) is 7.04. The summed E-state index contributed by atoms with van der Waals surface area (Å²) in [6.07, 6.45) is 4.21. The fourth-order valence-electron chi connectivity index (χ4n) is 2.79. The normalized spacial score (nSPS) is 21.1. The van der Waals surface area contributed by atoms with Crippen molar-refractivity contribution in [3.05, 3.63) is 29.8 Å². The zero-order valence-electron chi connectivity index (χ0n) is 12.1. The Morgan fingerprint density at radius 3 is 2.53 bits per heavy atom. The highest BCUT2D eigenvalue weighted by Crippen LogP contribution is 2.38. The summed E-state index contributed by atoms with van der Waals surface area (Å²) in [7, 11) is 1.67. The van der Waals surface area contributed by atoms with Gasteiger partial charge in [0.2, 0.25) is 5.91 Å². The summed E-state index contributed by atoms with van der Waals surface area (Å²) in [5.41, 5.74) is 2.68. The zero-order valence-corrected chi connectivity index (χ0v) is 12.1. The van der Waals surface area contributed by atoms with Crippen molar-refractivity contribution < 1.29 is 4.79 Å². The Bertz CT molecular complexity index is 437. The Kier molecular flexibility index (Phi) is 4.13. The lowest BCUT2D eigenvalue weighted by Gasteiger charge is -2.18. The van der Waals surface area contributed by atoms with Gasteiger partial charge < -0.3 is 10.6 Å². The topological polar surface area (TPSA) is 41.1 Å². The van der Waals surface area contributed by atoms with Gasteiger partial charge in [-0.05, 0) is 42.4 Å². The fraction of sp³-hybridized carbons (Fsp3) is 0.562. The second-order valence-corrected chi connectivity index (χ2v) is 6.30. The second kappa shape index (κ2) is 5.64. The van der Waals surface area contributed by atoms with Crippen LogP contribution >= 0.6 is 0 Å². The average molecular weight is 260 g/mol. The highest BCUT2D eigenvalue weighted by Gasteiger charge is 2.30. The summed E-state index contributed by atoms with van der Waals surface area (Å²) in [6.45, 7) is 4.67. The van der Waals surface area contributed by atoms with E-state index < -0.39 is 0 Å². The SMILES string of the molecule is CNC(=O)Cc1ccc(NC2CCC(C)(C)C2)cc1. The van der Waals surface area contributed by atoms with E-state index in [-0.39, 0.29) is 5.91 Å². The molecular formula is C16H24N2O. The average Bonchev–Trinajstić information content (AvgIpc) is 2.71. The van der Waals surface area contributed by atoms with E-state index in [0.717, 1.165) is 11.3 Å². The van der Waals surface area contributed by atoms with Gasteiger partial charge in [-0.2, -0.15) is 0 Å². The number of anilines is 1. The monoisotopic (exact) mass is 260 g/mol. The highest BCUT2D eigenvalue weighted by atomic mass is 16.1. The molecule has 104 valence electrons. The van der Waals surface area contributed by atoms with Crippen molar-refractivity contribution in [3.8, 4) is 0 Å². The van der Waals surface area contributed by atoms with Gasteiger partial charge in [0.25, 0.3) is 0 Å². The summed E-state index contributed by atoms with van der Waals surface area (Å²) in [4.78, 5) is 11.3. The van der Waals surface area contributed by atoms with Crippen molar-refractivity contribution >= 4 is 11.6 Å². The molecule has 1 saturated carbocycles. The van der Waals surface area contributed by atoms with Crippen LogP contribution in [0.5, 0.6) is 0 Å². The molecule has 2 rings (SSSR count). The van der Waals surface area contributed by atoms with E-state index in [1.807, 2.05) is 12.1 Å². The first-order chi connectivity index (χ1) is 8.98. The minimum atomic E-state index is 0.0539. The molecule has 1 unspecified atom stereocenters. The Morgan fingerprint density at radius 1 is 1.32 bits per heavy atom. The molecule has 0 aliphatic heterocycles. The van der Waals surface area contributed by atoms with Crippen LogP contribution in [-0.4, -0.2) is 19.0 Å². The molecule has 0 heterocycles. The predicted molar refractivity (Wildman–Crippen MR) is 79.3 cm³/mol. The van der Waals surface area contributed by atoms with E-state index in [9.17, 15) is 4.79 Å². The van der Waals surface area contributed by atoms with Crippen LogP contribution in [0.3, 0.4) is 0 Å². The lowest BCUT2D eigenvalue weighted by atomic mass is 9.92. The molecule has 1 aliphatic rings. The van der Waals surface area contributed by atoms with Gasteiger partial charge in [-0.1, -0.05) is 26.0 Å². The summed E-state index contributed by atoms with van der Waals surface area (Å²) in [6, 6.07) is 8.78. The molecule has 0 bridgehead atoms. The van der Waals surface area contributed by atoms with Crippen LogP contribution in [0, 0.1) is 5.41 Å². The Morgan fingerprint density at radius 2 is 2.00 bits per heavy atom. The largest absolute Gasteiger partial charge is 0.382 e. The lowest BCUT2D eigenvalue weighted by Crippen LogP contribution is -2.20.